The summed E-state index contributed by atoms with van der Waals surface area (Å²) in [6.07, 6.45) is -4.43. The first-order chi connectivity index (χ1) is 15.0. The molecule has 0 fully saturated rings. The van der Waals surface area contributed by atoms with Crippen molar-refractivity contribution in [2.24, 2.45) is 0 Å². The number of carbonyl (C=O) groups excluding carboxylic acids is 1. The highest BCUT2D eigenvalue weighted by Crippen LogP contribution is 2.32. The Hall–Kier alpha value is -3.26. The largest absolute Gasteiger partial charge is 0.456 e. The van der Waals surface area contributed by atoms with Crippen LogP contribution in [0.1, 0.15) is 42.6 Å². The molecule has 0 atom stereocenters. The summed E-state index contributed by atoms with van der Waals surface area (Å²) >= 11 is 0. The fraction of sp³-hybridized carbons (Fsp3) is 0.292. The number of furan rings is 2. The molecule has 1 N–H and O–H groups in total. The molecule has 1 amide bonds. The summed E-state index contributed by atoms with van der Waals surface area (Å²) in [6.45, 7) is 3.84. The van der Waals surface area contributed by atoms with Crippen LogP contribution in [0.15, 0.2) is 57.4 Å². The van der Waals surface area contributed by atoms with E-state index in [2.05, 4.69) is 5.32 Å². The average molecular weight is 445 g/mol. The number of halogens is 3. The van der Waals surface area contributed by atoms with Crippen LogP contribution in [0.25, 0.3) is 21.9 Å². The first-order valence-electron chi connectivity index (χ1n) is 10.0. The topological polar surface area (TPSA) is 64.6 Å². The van der Waals surface area contributed by atoms with E-state index in [4.69, 9.17) is 13.6 Å². The van der Waals surface area contributed by atoms with Crippen LogP contribution in [0.5, 0.6) is 0 Å². The van der Waals surface area contributed by atoms with Gasteiger partial charge >= 0.3 is 6.18 Å². The summed E-state index contributed by atoms with van der Waals surface area (Å²) in [6, 6.07) is 14.4. The lowest BCUT2D eigenvalue weighted by atomic mass is 9.91. The molecule has 0 bridgehead atoms. The molecular formula is C24H22F3NO4. The lowest BCUT2D eigenvalue weighted by Gasteiger charge is -2.17. The second-order valence-corrected chi connectivity index (χ2v) is 8.59. The Kier molecular flexibility index (Phi) is 5.50. The molecule has 0 aliphatic rings. The van der Waals surface area contributed by atoms with Crippen molar-refractivity contribution in [3.05, 3.63) is 65.6 Å². The highest BCUT2D eigenvalue weighted by Gasteiger charge is 2.30. The van der Waals surface area contributed by atoms with Gasteiger partial charge in [-0.2, -0.15) is 13.2 Å². The fourth-order valence-corrected chi connectivity index (χ4v) is 3.56. The quantitative estimate of drug-likeness (QED) is 0.367. The van der Waals surface area contributed by atoms with Gasteiger partial charge < -0.3 is 18.9 Å². The van der Waals surface area contributed by atoms with Gasteiger partial charge in [0.15, 0.2) is 5.76 Å². The Balaban J connectivity index is 1.56. The minimum atomic E-state index is -4.43. The molecule has 2 heterocycles. The van der Waals surface area contributed by atoms with E-state index in [1.165, 1.54) is 6.07 Å². The molecule has 8 heteroatoms. The van der Waals surface area contributed by atoms with Gasteiger partial charge in [-0.3, -0.25) is 4.79 Å². The predicted molar refractivity (Wildman–Crippen MR) is 115 cm³/mol. The van der Waals surface area contributed by atoms with Gasteiger partial charge in [0.2, 0.25) is 0 Å². The molecule has 0 saturated heterocycles. The minimum Gasteiger partial charge on any atom is -0.456 e. The van der Waals surface area contributed by atoms with E-state index in [1.807, 2.05) is 51.1 Å². The number of anilines is 1. The summed E-state index contributed by atoms with van der Waals surface area (Å²) in [7, 11) is 0. The lowest BCUT2D eigenvalue weighted by Crippen LogP contribution is -2.18. The van der Waals surface area contributed by atoms with E-state index in [0.717, 1.165) is 16.4 Å². The molecule has 0 aliphatic carbocycles. The van der Waals surface area contributed by atoms with Gasteiger partial charge in [0, 0.05) is 33.5 Å². The molecule has 4 aromatic rings. The van der Waals surface area contributed by atoms with Crippen molar-refractivity contribution in [3.8, 4) is 0 Å². The predicted octanol–water partition coefficient (Wildman–Crippen LogP) is 6.81. The van der Waals surface area contributed by atoms with Gasteiger partial charge in [-0.15, -0.1) is 0 Å². The van der Waals surface area contributed by atoms with Crippen LogP contribution >= 0.6 is 0 Å². The molecule has 0 unspecified atom stereocenters. The first-order valence-corrected chi connectivity index (χ1v) is 10.0. The molecule has 0 radical (unpaired) electrons. The molecule has 2 aromatic carbocycles. The summed E-state index contributed by atoms with van der Waals surface area (Å²) in [5.74, 6) is -0.129. The molecule has 0 spiro atoms. The average Bonchev–Trinajstić information content (AvgIpc) is 3.28. The van der Waals surface area contributed by atoms with Crippen LogP contribution < -0.4 is 5.32 Å². The third kappa shape index (κ3) is 4.65. The summed E-state index contributed by atoms with van der Waals surface area (Å²) in [5.41, 5.74) is 1.75. The van der Waals surface area contributed by atoms with Gasteiger partial charge in [0.25, 0.3) is 5.91 Å². The number of alkyl halides is 3. The maximum absolute atomic E-state index is 12.8. The van der Waals surface area contributed by atoms with Crippen molar-refractivity contribution in [3.63, 3.8) is 0 Å². The summed E-state index contributed by atoms with van der Waals surface area (Å²) in [4.78, 5) is 12.8. The zero-order valence-corrected chi connectivity index (χ0v) is 17.8. The van der Waals surface area contributed by atoms with E-state index < -0.39 is 24.1 Å². The maximum Gasteiger partial charge on any atom is 0.411 e. The van der Waals surface area contributed by atoms with Gasteiger partial charge in [-0.1, -0.05) is 39.0 Å². The fourth-order valence-electron chi connectivity index (χ4n) is 3.56. The number of hydrogen-bond donors (Lipinski definition) is 1. The number of carbonyl (C=O) groups is 1. The molecule has 4 rings (SSSR count). The SMILES string of the molecule is CC(C)(C)c1oc(C(=O)Nc2ccc3c(c2)oc2ccccc23)cc1COCC(F)(F)F. The van der Waals surface area contributed by atoms with E-state index in [0.29, 0.717) is 22.6 Å². The number of fused-ring (bicyclic) bond motifs is 3. The molecule has 32 heavy (non-hydrogen) atoms. The Morgan fingerprint density at radius 2 is 1.69 bits per heavy atom. The van der Waals surface area contributed by atoms with Crippen molar-refractivity contribution in [2.45, 2.75) is 39.0 Å². The number of ether oxygens (including phenoxy) is 1. The molecule has 0 saturated carbocycles. The summed E-state index contributed by atoms with van der Waals surface area (Å²) in [5, 5.41) is 4.66. The second kappa shape index (κ2) is 8.02. The van der Waals surface area contributed by atoms with Crippen molar-refractivity contribution in [1.82, 2.24) is 0 Å². The third-order valence-electron chi connectivity index (χ3n) is 4.87. The Morgan fingerprint density at radius 1 is 0.969 bits per heavy atom. The van der Waals surface area contributed by atoms with Crippen molar-refractivity contribution < 1.29 is 31.5 Å². The monoisotopic (exact) mass is 445 g/mol. The standard InChI is InChI=1S/C24H22F3NO4/c1-23(2,3)21-14(12-30-13-24(25,26)27)10-20(32-21)22(29)28-15-8-9-17-16-6-4-5-7-18(16)31-19(17)11-15/h4-11H,12-13H2,1-3H3,(H,28,29). The highest BCUT2D eigenvalue weighted by molar-refractivity contribution is 6.07. The summed E-state index contributed by atoms with van der Waals surface area (Å²) < 4.78 is 53.6. The van der Waals surface area contributed by atoms with Crippen molar-refractivity contribution >= 4 is 33.5 Å². The molecule has 5 nitrogen and oxygen atoms in total. The normalized spacial score (nSPS) is 12.6. The third-order valence-corrected chi connectivity index (χ3v) is 4.87. The first kappa shape index (κ1) is 22.0. The van der Waals surface area contributed by atoms with Gasteiger partial charge in [-0.05, 0) is 24.3 Å². The molecular weight excluding hydrogens is 423 g/mol. The van der Waals surface area contributed by atoms with E-state index in [-0.39, 0.29) is 12.4 Å². The Morgan fingerprint density at radius 3 is 2.41 bits per heavy atom. The van der Waals surface area contributed by atoms with Crippen LogP contribution in [0.2, 0.25) is 0 Å². The number of rotatable bonds is 5. The lowest BCUT2D eigenvalue weighted by molar-refractivity contribution is -0.176. The van der Waals surface area contributed by atoms with Gasteiger partial charge in [-0.25, -0.2) is 0 Å². The number of amides is 1. The number of benzene rings is 2. The van der Waals surface area contributed by atoms with Crippen molar-refractivity contribution in [1.29, 1.82) is 0 Å². The molecule has 168 valence electrons. The van der Waals surface area contributed by atoms with Crippen molar-refractivity contribution in [2.75, 3.05) is 11.9 Å². The van der Waals surface area contributed by atoms with E-state index in [9.17, 15) is 18.0 Å². The van der Waals surface area contributed by atoms with Crippen LogP contribution in [-0.2, 0) is 16.8 Å². The van der Waals surface area contributed by atoms with Gasteiger partial charge in [0.05, 0.1) is 6.61 Å². The number of para-hydroxylation sites is 1. The smallest absolute Gasteiger partial charge is 0.411 e. The van der Waals surface area contributed by atoms with Crippen LogP contribution in [-0.4, -0.2) is 18.7 Å². The van der Waals surface area contributed by atoms with Crippen LogP contribution in [0.4, 0.5) is 18.9 Å². The number of nitrogens with one attached hydrogen (secondary N) is 1. The highest BCUT2D eigenvalue weighted by atomic mass is 19.4. The van der Waals surface area contributed by atoms with Gasteiger partial charge in [0.1, 0.15) is 23.5 Å². The number of hydrogen-bond acceptors (Lipinski definition) is 4. The second-order valence-electron chi connectivity index (χ2n) is 8.59. The molecule has 2 aromatic heterocycles. The Bertz CT molecular complexity index is 1280. The Labute approximate surface area is 182 Å². The molecule has 0 aliphatic heterocycles. The van der Waals surface area contributed by atoms with Crippen LogP contribution in [0, 0.1) is 0 Å². The zero-order valence-electron chi connectivity index (χ0n) is 17.8. The van der Waals surface area contributed by atoms with E-state index >= 15 is 0 Å². The minimum absolute atomic E-state index is 0.00904. The zero-order chi connectivity index (χ0) is 23.1. The van der Waals surface area contributed by atoms with E-state index in [1.54, 1.807) is 12.1 Å². The van der Waals surface area contributed by atoms with Crippen LogP contribution in [0.3, 0.4) is 0 Å². The maximum atomic E-state index is 12.8.